The summed E-state index contributed by atoms with van der Waals surface area (Å²) in [7, 11) is 0. The van der Waals surface area contributed by atoms with Crippen molar-refractivity contribution in [2.24, 2.45) is 0 Å². The average molecular weight is 401 g/mol. The Morgan fingerprint density at radius 3 is 2.80 bits per heavy atom. The molecule has 5 rings (SSSR count). The van der Waals surface area contributed by atoms with Gasteiger partial charge in [-0.15, -0.1) is 0 Å². The number of hydrogen-bond donors (Lipinski definition) is 1. The molecule has 2 aromatic carbocycles. The molecule has 7 heteroatoms. The van der Waals surface area contributed by atoms with Gasteiger partial charge in [0.2, 0.25) is 12.7 Å². The first-order valence-corrected chi connectivity index (χ1v) is 9.66. The number of carbonyl (C=O) groups is 2. The number of rotatable bonds is 5. The fourth-order valence-corrected chi connectivity index (χ4v) is 3.84. The van der Waals surface area contributed by atoms with Gasteiger partial charge in [0, 0.05) is 31.0 Å². The van der Waals surface area contributed by atoms with Crippen molar-refractivity contribution < 1.29 is 19.1 Å². The van der Waals surface area contributed by atoms with Gasteiger partial charge in [-0.2, -0.15) is 0 Å². The molecule has 2 aliphatic rings. The van der Waals surface area contributed by atoms with Crippen molar-refractivity contribution in [1.82, 2.24) is 15.2 Å². The summed E-state index contributed by atoms with van der Waals surface area (Å²) in [6.07, 6.45) is 3.39. The van der Waals surface area contributed by atoms with E-state index in [-0.39, 0.29) is 25.2 Å². The van der Waals surface area contributed by atoms with E-state index in [0.29, 0.717) is 29.2 Å². The largest absolute Gasteiger partial charge is 0.454 e. The molecule has 0 aliphatic carbocycles. The Balaban J connectivity index is 1.41. The molecule has 7 nitrogen and oxygen atoms in total. The van der Waals surface area contributed by atoms with Crippen LogP contribution < -0.4 is 14.8 Å². The number of aromatic nitrogens is 1. The van der Waals surface area contributed by atoms with Crippen molar-refractivity contribution in [3.63, 3.8) is 0 Å². The molecule has 2 amide bonds. The summed E-state index contributed by atoms with van der Waals surface area (Å²) in [4.78, 5) is 31.9. The number of benzene rings is 2. The molecule has 0 radical (unpaired) electrons. The smallest absolute Gasteiger partial charge is 0.255 e. The van der Waals surface area contributed by atoms with Crippen LogP contribution in [0.4, 0.5) is 0 Å². The lowest BCUT2D eigenvalue weighted by atomic mass is 10.0. The third-order valence-electron chi connectivity index (χ3n) is 5.29. The maximum atomic E-state index is 13.1. The fourth-order valence-electron chi connectivity index (χ4n) is 3.84. The zero-order valence-electron chi connectivity index (χ0n) is 16.1. The molecule has 1 atom stereocenters. The second-order valence-corrected chi connectivity index (χ2v) is 7.19. The van der Waals surface area contributed by atoms with Crippen LogP contribution in [-0.4, -0.2) is 28.5 Å². The van der Waals surface area contributed by atoms with Crippen LogP contribution in [0.2, 0.25) is 0 Å². The highest BCUT2D eigenvalue weighted by Crippen LogP contribution is 2.37. The van der Waals surface area contributed by atoms with Gasteiger partial charge in [0.05, 0.1) is 0 Å². The maximum absolute atomic E-state index is 13.1. The van der Waals surface area contributed by atoms with Gasteiger partial charge in [-0.1, -0.05) is 30.3 Å². The van der Waals surface area contributed by atoms with Crippen molar-refractivity contribution in [1.29, 1.82) is 0 Å². The topological polar surface area (TPSA) is 80.8 Å². The van der Waals surface area contributed by atoms with Crippen molar-refractivity contribution >= 4 is 11.8 Å². The lowest BCUT2D eigenvalue weighted by Gasteiger charge is -2.25. The quantitative estimate of drug-likeness (QED) is 0.711. The van der Waals surface area contributed by atoms with Gasteiger partial charge in [0.15, 0.2) is 11.5 Å². The van der Waals surface area contributed by atoms with Gasteiger partial charge in [-0.3, -0.25) is 14.6 Å². The molecule has 3 heterocycles. The number of ether oxygens (including phenoxy) is 2. The van der Waals surface area contributed by atoms with Crippen LogP contribution in [0.25, 0.3) is 0 Å². The number of hydrogen-bond acceptors (Lipinski definition) is 5. The Morgan fingerprint density at radius 2 is 1.93 bits per heavy atom. The number of amides is 2. The van der Waals surface area contributed by atoms with Crippen molar-refractivity contribution in [3.8, 4) is 11.5 Å². The highest BCUT2D eigenvalue weighted by Gasteiger charge is 2.40. The molecule has 2 aliphatic heterocycles. The number of fused-ring (bicyclic) bond motifs is 2. The second-order valence-electron chi connectivity index (χ2n) is 7.19. The predicted octanol–water partition coefficient (Wildman–Crippen LogP) is 2.82. The summed E-state index contributed by atoms with van der Waals surface area (Å²) in [5.74, 6) is 0.942. The number of carbonyl (C=O) groups excluding carboxylic acids is 2. The van der Waals surface area contributed by atoms with Gasteiger partial charge in [-0.25, -0.2) is 0 Å². The molecule has 0 saturated carbocycles. The minimum Gasteiger partial charge on any atom is -0.454 e. The normalized spacial score (nSPS) is 16.5. The molecule has 0 unspecified atom stereocenters. The molecular formula is C23H19N3O4. The van der Waals surface area contributed by atoms with E-state index in [0.717, 1.165) is 11.1 Å². The Kier molecular flexibility index (Phi) is 4.55. The fraction of sp³-hybridized carbons (Fsp3) is 0.174. The molecule has 0 spiro atoms. The Labute approximate surface area is 173 Å². The average Bonchev–Trinajstić information content (AvgIpc) is 3.36. The van der Waals surface area contributed by atoms with Gasteiger partial charge >= 0.3 is 0 Å². The van der Waals surface area contributed by atoms with E-state index >= 15 is 0 Å². The molecule has 1 N–H and O–H groups in total. The zero-order valence-corrected chi connectivity index (χ0v) is 16.1. The predicted molar refractivity (Wildman–Crippen MR) is 108 cm³/mol. The molecule has 0 saturated heterocycles. The molecule has 3 aromatic rings. The first-order chi connectivity index (χ1) is 14.7. The summed E-state index contributed by atoms with van der Waals surface area (Å²) in [5.41, 5.74) is 3.03. The minimum absolute atomic E-state index is 0.162. The van der Waals surface area contributed by atoms with Crippen molar-refractivity contribution in [3.05, 3.63) is 89.2 Å². The monoisotopic (exact) mass is 401 g/mol. The first-order valence-electron chi connectivity index (χ1n) is 9.66. The number of nitrogens with zero attached hydrogens (tertiary/aromatic N) is 2. The standard InChI is InChI=1S/C23H19N3O4/c27-22(25-12-16-4-3-9-24-11-16)21-17-5-1-2-6-18(17)23(28)26(21)13-15-7-8-19-20(10-15)30-14-29-19/h1-11,21H,12-14H2,(H,25,27)/t21-/m0/s1. The summed E-state index contributed by atoms with van der Waals surface area (Å²) in [5, 5.41) is 2.94. The lowest BCUT2D eigenvalue weighted by Crippen LogP contribution is -2.38. The summed E-state index contributed by atoms with van der Waals surface area (Å²) in [6, 6.07) is 15.8. The van der Waals surface area contributed by atoms with E-state index in [1.165, 1.54) is 0 Å². The van der Waals surface area contributed by atoms with E-state index < -0.39 is 6.04 Å². The van der Waals surface area contributed by atoms with Gasteiger partial charge < -0.3 is 19.7 Å². The van der Waals surface area contributed by atoms with E-state index in [1.54, 1.807) is 23.4 Å². The number of nitrogens with one attached hydrogen (secondary N) is 1. The molecule has 0 fully saturated rings. The van der Waals surface area contributed by atoms with E-state index in [4.69, 9.17) is 9.47 Å². The summed E-state index contributed by atoms with van der Waals surface area (Å²) in [6.45, 7) is 0.818. The van der Waals surface area contributed by atoms with Crippen molar-refractivity contribution in [2.45, 2.75) is 19.1 Å². The van der Waals surface area contributed by atoms with E-state index in [1.807, 2.05) is 48.5 Å². The summed E-state index contributed by atoms with van der Waals surface area (Å²) >= 11 is 0. The number of pyridine rings is 1. The summed E-state index contributed by atoms with van der Waals surface area (Å²) < 4.78 is 10.8. The van der Waals surface area contributed by atoms with Crippen LogP contribution in [0.15, 0.2) is 67.0 Å². The van der Waals surface area contributed by atoms with E-state index in [9.17, 15) is 9.59 Å². The molecule has 1 aromatic heterocycles. The molecule has 150 valence electrons. The molecule has 30 heavy (non-hydrogen) atoms. The zero-order chi connectivity index (χ0) is 20.5. The highest BCUT2D eigenvalue weighted by atomic mass is 16.7. The maximum Gasteiger partial charge on any atom is 0.255 e. The lowest BCUT2D eigenvalue weighted by molar-refractivity contribution is -0.125. The first kappa shape index (κ1) is 18.2. The van der Waals surface area contributed by atoms with Crippen LogP contribution in [0.3, 0.4) is 0 Å². The minimum atomic E-state index is -0.698. The highest BCUT2D eigenvalue weighted by molar-refractivity contribution is 6.04. The molecular weight excluding hydrogens is 382 g/mol. The van der Waals surface area contributed by atoms with Crippen LogP contribution in [0.1, 0.15) is 33.1 Å². The Morgan fingerprint density at radius 1 is 1.07 bits per heavy atom. The van der Waals surface area contributed by atoms with Crippen LogP contribution in [0, 0.1) is 0 Å². The Bertz CT molecular complexity index is 1120. The van der Waals surface area contributed by atoms with Gasteiger partial charge in [0.25, 0.3) is 5.91 Å². The van der Waals surface area contributed by atoms with Crippen molar-refractivity contribution in [2.75, 3.05) is 6.79 Å². The SMILES string of the molecule is O=C(NCc1cccnc1)[C@@H]1c2ccccc2C(=O)N1Cc1ccc2c(c1)OCO2. The molecule has 0 bridgehead atoms. The van der Waals surface area contributed by atoms with Crippen LogP contribution >= 0.6 is 0 Å². The van der Waals surface area contributed by atoms with Gasteiger partial charge in [-0.05, 0) is 41.0 Å². The third kappa shape index (κ3) is 3.24. The second kappa shape index (κ2) is 7.51. The van der Waals surface area contributed by atoms with E-state index in [2.05, 4.69) is 10.3 Å². The van der Waals surface area contributed by atoms with Crippen LogP contribution in [-0.2, 0) is 17.9 Å². The van der Waals surface area contributed by atoms with Crippen LogP contribution in [0.5, 0.6) is 11.5 Å². The third-order valence-corrected chi connectivity index (χ3v) is 5.29. The van der Waals surface area contributed by atoms with Gasteiger partial charge in [0.1, 0.15) is 6.04 Å². The Hall–Kier alpha value is -3.87.